The van der Waals surface area contributed by atoms with Gasteiger partial charge >= 0.3 is 5.97 Å². The third-order valence-corrected chi connectivity index (χ3v) is 7.60. The monoisotopic (exact) mass is 501 g/mol. The molecule has 3 rings (SSSR count). The number of amides is 3. The zero-order chi connectivity index (χ0) is 25.9. The van der Waals surface area contributed by atoms with E-state index in [9.17, 15) is 27.6 Å². The van der Waals surface area contributed by atoms with E-state index in [0.717, 1.165) is 9.21 Å². The minimum atomic E-state index is -4.16. The van der Waals surface area contributed by atoms with E-state index in [0.29, 0.717) is 12.1 Å². The Morgan fingerprint density at radius 2 is 1.69 bits per heavy atom. The fourth-order valence-corrected chi connectivity index (χ4v) is 5.69. The van der Waals surface area contributed by atoms with Gasteiger partial charge in [-0.25, -0.2) is 13.3 Å². The molecule has 0 radical (unpaired) electrons. The highest BCUT2D eigenvalue weighted by Gasteiger charge is 2.48. The van der Waals surface area contributed by atoms with Gasteiger partial charge in [-0.1, -0.05) is 6.92 Å². The number of carbonyl (C=O) groups is 4. The molecule has 10 nitrogen and oxygen atoms in total. The standard InChI is InChI=1S/C24H27N3O7S/c1-5-15(2)27(35(32,33)21-12-6-18(7-13-21)25-16(3)28)22-14-23(30)26(24(22)31)19-8-10-20(11-9-19)34-17(4)29/h6-13,15,22H,5,14H2,1-4H3,(H,25,28). The number of hydrogen-bond donors (Lipinski definition) is 1. The molecule has 0 spiro atoms. The van der Waals surface area contributed by atoms with Crippen LogP contribution in [0.15, 0.2) is 53.4 Å². The van der Waals surface area contributed by atoms with Crippen molar-refractivity contribution in [2.75, 3.05) is 10.2 Å². The second-order valence-corrected chi connectivity index (χ2v) is 10.0. The third kappa shape index (κ3) is 5.57. The van der Waals surface area contributed by atoms with E-state index < -0.39 is 39.9 Å². The van der Waals surface area contributed by atoms with Gasteiger partial charge < -0.3 is 10.1 Å². The van der Waals surface area contributed by atoms with Crippen molar-refractivity contribution in [2.45, 2.75) is 57.5 Å². The summed E-state index contributed by atoms with van der Waals surface area (Å²) in [5, 5.41) is 2.57. The summed E-state index contributed by atoms with van der Waals surface area (Å²) in [6.07, 6.45) is 0.107. The second kappa shape index (κ2) is 10.4. The average Bonchev–Trinajstić information content (AvgIpc) is 3.07. The van der Waals surface area contributed by atoms with Crippen LogP contribution < -0.4 is 15.0 Å². The van der Waals surface area contributed by atoms with Crippen LogP contribution in [0.4, 0.5) is 11.4 Å². The molecule has 3 amide bonds. The van der Waals surface area contributed by atoms with Gasteiger partial charge in [0.05, 0.1) is 17.0 Å². The van der Waals surface area contributed by atoms with Crippen LogP contribution in [0.3, 0.4) is 0 Å². The molecule has 2 aromatic carbocycles. The lowest BCUT2D eigenvalue weighted by molar-refractivity contribution is -0.132. The molecule has 35 heavy (non-hydrogen) atoms. The maximum Gasteiger partial charge on any atom is 0.308 e. The topological polar surface area (TPSA) is 130 Å². The normalized spacial score (nSPS) is 16.9. The molecule has 2 atom stereocenters. The minimum absolute atomic E-state index is 0.0589. The van der Waals surface area contributed by atoms with Crippen molar-refractivity contribution in [1.82, 2.24) is 4.31 Å². The fourth-order valence-electron chi connectivity index (χ4n) is 3.84. The molecule has 186 valence electrons. The third-order valence-electron chi connectivity index (χ3n) is 5.56. The molecular weight excluding hydrogens is 474 g/mol. The summed E-state index contributed by atoms with van der Waals surface area (Å²) in [5.41, 5.74) is 0.682. The summed E-state index contributed by atoms with van der Waals surface area (Å²) in [6, 6.07) is 9.65. The van der Waals surface area contributed by atoms with Crippen molar-refractivity contribution in [1.29, 1.82) is 0 Å². The van der Waals surface area contributed by atoms with Gasteiger partial charge in [-0.05, 0) is 61.9 Å². The number of sulfonamides is 1. The molecule has 1 aliphatic rings. The fraction of sp³-hybridized carbons (Fsp3) is 0.333. The lowest BCUT2D eigenvalue weighted by atomic mass is 10.2. The Morgan fingerprint density at radius 1 is 1.09 bits per heavy atom. The number of imide groups is 1. The Morgan fingerprint density at radius 3 is 2.20 bits per heavy atom. The quantitative estimate of drug-likeness (QED) is 0.334. The van der Waals surface area contributed by atoms with Crippen molar-refractivity contribution in [2.24, 2.45) is 0 Å². The van der Waals surface area contributed by atoms with Crippen LogP contribution in [0.2, 0.25) is 0 Å². The van der Waals surface area contributed by atoms with Crippen LogP contribution in [0.1, 0.15) is 40.5 Å². The molecule has 1 fully saturated rings. The largest absolute Gasteiger partial charge is 0.427 e. The van der Waals surface area contributed by atoms with Crippen LogP contribution in [0, 0.1) is 0 Å². The number of nitrogens with one attached hydrogen (secondary N) is 1. The Kier molecular flexibility index (Phi) is 7.71. The Labute approximate surface area is 203 Å². The maximum absolute atomic E-state index is 13.6. The molecule has 11 heteroatoms. The summed E-state index contributed by atoms with van der Waals surface area (Å²) in [5.74, 6) is -1.74. The first-order valence-corrected chi connectivity index (χ1v) is 12.5. The predicted molar refractivity (Wildman–Crippen MR) is 128 cm³/mol. The molecule has 1 saturated heterocycles. The smallest absolute Gasteiger partial charge is 0.308 e. The van der Waals surface area contributed by atoms with Crippen molar-refractivity contribution in [3.63, 3.8) is 0 Å². The van der Waals surface area contributed by atoms with E-state index in [1.165, 1.54) is 62.4 Å². The van der Waals surface area contributed by atoms with Crippen molar-refractivity contribution < 1.29 is 32.3 Å². The first-order chi connectivity index (χ1) is 16.4. The first-order valence-electron chi connectivity index (χ1n) is 11.0. The molecule has 2 aromatic rings. The number of esters is 1. The summed E-state index contributed by atoms with van der Waals surface area (Å²) >= 11 is 0. The molecule has 2 unspecified atom stereocenters. The Balaban J connectivity index is 1.93. The Bertz CT molecular complexity index is 1240. The van der Waals surface area contributed by atoms with Gasteiger partial charge in [0.2, 0.25) is 21.8 Å². The number of benzene rings is 2. The van der Waals surface area contributed by atoms with Crippen LogP contribution >= 0.6 is 0 Å². The van der Waals surface area contributed by atoms with E-state index in [1.54, 1.807) is 13.8 Å². The van der Waals surface area contributed by atoms with Crippen molar-refractivity contribution >= 4 is 45.1 Å². The zero-order valence-electron chi connectivity index (χ0n) is 19.8. The van der Waals surface area contributed by atoms with Gasteiger partial charge in [-0.2, -0.15) is 4.31 Å². The molecule has 0 aromatic heterocycles. The van der Waals surface area contributed by atoms with Gasteiger partial charge in [0.25, 0.3) is 5.91 Å². The summed E-state index contributed by atoms with van der Waals surface area (Å²) in [7, 11) is -4.16. The number of carbonyl (C=O) groups excluding carboxylic acids is 4. The number of nitrogens with zero attached hydrogens (tertiary/aromatic N) is 2. The number of anilines is 2. The number of ether oxygens (including phenoxy) is 1. The second-order valence-electron chi connectivity index (χ2n) is 8.17. The van der Waals surface area contributed by atoms with Gasteiger partial charge in [-0.15, -0.1) is 0 Å². The van der Waals surface area contributed by atoms with Crippen LogP contribution in [-0.2, 0) is 29.2 Å². The number of rotatable bonds is 8. The van der Waals surface area contributed by atoms with Crippen molar-refractivity contribution in [3.8, 4) is 5.75 Å². The first kappa shape index (κ1) is 26.0. The van der Waals surface area contributed by atoms with E-state index in [4.69, 9.17) is 4.74 Å². The van der Waals surface area contributed by atoms with E-state index in [2.05, 4.69) is 5.32 Å². The molecule has 0 bridgehead atoms. The number of hydrogen-bond acceptors (Lipinski definition) is 7. The maximum atomic E-state index is 13.6. The molecule has 1 N–H and O–H groups in total. The summed E-state index contributed by atoms with van der Waals surface area (Å²) < 4.78 is 33.3. The zero-order valence-corrected chi connectivity index (χ0v) is 20.7. The highest BCUT2D eigenvalue weighted by Crippen LogP contribution is 2.32. The van der Waals surface area contributed by atoms with Crippen LogP contribution in [-0.4, -0.2) is 48.5 Å². The highest BCUT2D eigenvalue weighted by molar-refractivity contribution is 7.89. The predicted octanol–water partition coefficient (Wildman–Crippen LogP) is 2.69. The minimum Gasteiger partial charge on any atom is -0.427 e. The highest BCUT2D eigenvalue weighted by atomic mass is 32.2. The molecule has 0 aliphatic carbocycles. The van der Waals surface area contributed by atoms with Gasteiger partial charge in [0.1, 0.15) is 11.8 Å². The lowest BCUT2D eigenvalue weighted by Gasteiger charge is -2.31. The SMILES string of the molecule is CCC(C)N(C1CC(=O)N(c2ccc(OC(C)=O)cc2)C1=O)S(=O)(=O)c1ccc(NC(C)=O)cc1. The van der Waals surface area contributed by atoms with E-state index in [1.807, 2.05) is 0 Å². The van der Waals surface area contributed by atoms with E-state index in [-0.39, 0.29) is 28.7 Å². The van der Waals surface area contributed by atoms with Gasteiger partial charge in [0.15, 0.2) is 0 Å². The molecular formula is C24H27N3O7S. The summed E-state index contributed by atoms with van der Waals surface area (Å²) in [4.78, 5) is 49.5. The summed E-state index contributed by atoms with van der Waals surface area (Å²) in [6.45, 7) is 6.06. The molecule has 1 aliphatic heterocycles. The molecule has 1 heterocycles. The average molecular weight is 502 g/mol. The lowest BCUT2D eigenvalue weighted by Crippen LogP contribution is -2.49. The van der Waals surface area contributed by atoms with Crippen molar-refractivity contribution in [3.05, 3.63) is 48.5 Å². The van der Waals surface area contributed by atoms with Crippen LogP contribution in [0.25, 0.3) is 0 Å². The Hall–Kier alpha value is -3.57. The van der Waals surface area contributed by atoms with Crippen LogP contribution in [0.5, 0.6) is 5.75 Å². The van der Waals surface area contributed by atoms with Gasteiger partial charge in [-0.3, -0.25) is 19.2 Å². The molecule has 0 saturated carbocycles. The van der Waals surface area contributed by atoms with Gasteiger partial charge in [0, 0.05) is 25.6 Å². The van der Waals surface area contributed by atoms with E-state index >= 15 is 0 Å².